The van der Waals surface area contributed by atoms with Crippen LogP contribution >= 0.6 is 31.9 Å². The van der Waals surface area contributed by atoms with E-state index in [0.717, 1.165) is 20.9 Å². The molecule has 1 nitrogen and oxygen atoms in total. The van der Waals surface area contributed by atoms with Gasteiger partial charge in [0.1, 0.15) is 5.78 Å². The summed E-state index contributed by atoms with van der Waals surface area (Å²) in [4.78, 5) is 11.9. The zero-order chi connectivity index (χ0) is 11.2. The van der Waals surface area contributed by atoms with Crippen molar-refractivity contribution in [1.82, 2.24) is 0 Å². The van der Waals surface area contributed by atoms with E-state index in [1.165, 1.54) is 5.56 Å². The number of carbonyl (C=O) groups is 1. The standard InChI is InChI=1S/C12H12Br2O/c1-12(2)9-5-7(13)6-10(14)8(9)3-4-11(12)15/h5-6H,3-4H2,1-2H3. The first kappa shape index (κ1) is 11.3. The summed E-state index contributed by atoms with van der Waals surface area (Å²) in [6.07, 6.45) is 1.51. The van der Waals surface area contributed by atoms with Gasteiger partial charge < -0.3 is 0 Å². The van der Waals surface area contributed by atoms with Gasteiger partial charge in [-0.1, -0.05) is 31.9 Å². The Hall–Kier alpha value is -0.150. The van der Waals surface area contributed by atoms with E-state index in [9.17, 15) is 4.79 Å². The largest absolute Gasteiger partial charge is 0.299 e. The third-order valence-corrected chi connectivity index (χ3v) is 4.30. The Balaban J connectivity index is 2.69. The Morgan fingerprint density at radius 1 is 1.20 bits per heavy atom. The van der Waals surface area contributed by atoms with Crippen molar-refractivity contribution in [3.63, 3.8) is 0 Å². The molecule has 0 fully saturated rings. The fourth-order valence-electron chi connectivity index (χ4n) is 2.12. The maximum absolute atomic E-state index is 11.9. The van der Waals surface area contributed by atoms with Gasteiger partial charge in [-0.2, -0.15) is 0 Å². The molecule has 0 aliphatic heterocycles. The van der Waals surface area contributed by atoms with E-state index in [-0.39, 0.29) is 5.41 Å². The van der Waals surface area contributed by atoms with Gasteiger partial charge in [-0.3, -0.25) is 4.79 Å². The van der Waals surface area contributed by atoms with Crippen LogP contribution in [-0.2, 0) is 16.6 Å². The number of fused-ring (bicyclic) bond motifs is 1. The number of hydrogen-bond donors (Lipinski definition) is 0. The van der Waals surface area contributed by atoms with E-state index in [1.54, 1.807) is 0 Å². The van der Waals surface area contributed by atoms with Crippen molar-refractivity contribution in [3.8, 4) is 0 Å². The van der Waals surface area contributed by atoms with Gasteiger partial charge in [0.15, 0.2) is 0 Å². The molecule has 1 aliphatic rings. The van der Waals surface area contributed by atoms with Crippen molar-refractivity contribution >= 4 is 37.6 Å². The number of ketones is 1. The number of Topliss-reactive ketones (excluding diaryl/α,β-unsaturated/α-hetero) is 1. The third-order valence-electron chi connectivity index (χ3n) is 3.13. The molecular formula is C12H12Br2O. The molecule has 0 bridgehead atoms. The van der Waals surface area contributed by atoms with Crippen LogP contribution in [0.25, 0.3) is 0 Å². The summed E-state index contributed by atoms with van der Waals surface area (Å²) in [5.41, 5.74) is 2.09. The first-order valence-corrected chi connectivity index (χ1v) is 6.53. The first-order chi connectivity index (χ1) is 6.93. The summed E-state index contributed by atoms with van der Waals surface area (Å²) < 4.78 is 2.13. The smallest absolute Gasteiger partial charge is 0.143 e. The highest BCUT2D eigenvalue weighted by atomic mass is 79.9. The van der Waals surface area contributed by atoms with E-state index in [1.807, 2.05) is 19.9 Å². The minimum Gasteiger partial charge on any atom is -0.299 e. The molecule has 0 radical (unpaired) electrons. The Labute approximate surface area is 107 Å². The highest BCUT2D eigenvalue weighted by Gasteiger charge is 2.35. The van der Waals surface area contributed by atoms with Crippen LogP contribution < -0.4 is 0 Å². The van der Waals surface area contributed by atoms with Gasteiger partial charge in [0.05, 0.1) is 0 Å². The van der Waals surface area contributed by atoms with Crippen LogP contribution in [0.3, 0.4) is 0 Å². The van der Waals surface area contributed by atoms with Gasteiger partial charge in [-0.05, 0) is 43.5 Å². The van der Waals surface area contributed by atoms with Crippen LogP contribution in [0.2, 0.25) is 0 Å². The van der Waals surface area contributed by atoms with E-state index in [4.69, 9.17) is 0 Å². The van der Waals surface area contributed by atoms with E-state index >= 15 is 0 Å². The van der Waals surface area contributed by atoms with Gasteiger partial charge in [0, 0.05) is 20.8 Å². The summed E-state index contributed by atoms with van der Waals surface area (Å²) in [6, 6.07) is 4.11. The highest BCUT2D eigenvalue weighted by molar-refractivity contribution is 9.11. The molecule has 1 aromatic carbocycles. The fraction of sp³-hybridized carbons (Fsp3) is 0.417. The second-order valence-corrected chi connectivity index (χ2v) is 6.23. The molecular weight excluding hydrogens is 320 g/mol. The molecule has 0 heterocycles. The minimum absolute atomic E-state index is 0.333. The molecule has 80 valence electrons. The van der Waals surface area contributed by atoms with Gasteiger partial charge in [-0.15, -0.1) is 0 Å². The molecule has 0 atom stereocenters. The minimum atomic E-state index is -0.347. The molecule has 1 aliphatic carbocycles. The Bertz CT molecular complexity index is 435. The van der Waals surface area contributed by atoms with Crippen LogP contribution in [0.1, 0.15) is 31.4 Å². The topological polar surface area (TPSA) is 17.1 Å². The summed E-state index contributed by atoms with van der Waals surface area (Å²) in [7, 11) is 0. The van der Waals surface area contributed by atoms with E-state index in [0.29, 0.717) is 12.2 Å². The summed E-state index contributed by atoms with van der Waals surface area (Å²) in [6.45, 7) is 4.01. The van der Waals surface area contributed by atoms with Crippen LogP contribution in [0.4, 0.5) is 0 Å². The molecule has 3 heteroatoms. The van der Waals surface area contributed by atoms with Crippen LogP contribution in [0.5, 0.6) is 0 Å². The first-order valence-electron chi connectivity index (χ1n) is 4.94. The summed E-state index contributed by atoms with van der Waals surface area (Å²) in [5.74, 6) is 0.333. The average Bonchev–Trinajstić information content (AvgIpc) is 2.12. The van der Waals surface area contributed by atoms with Crippen LogP contribution in [-0.4, -0.2) is 5.78 Å². The Morgan fingerprint density at radius 2 is 1.87 bits per heavy atom. The molecule has 0 amide bonds. The van der Waals surface area contributed by atoms with E-state index < -0.39 is 0 Å². The molecule has 2 rings (SSSR count). The predicted octanol–water partition coefficient (Wildman–Crippen LogP) is 4.00. The number of hydrogen-bond acceptors (Lipinski definition) is 1. The van der Waals surface area contributed by atoms with Crippen molar-refractivity contribution < 1.29 is 4.79 Å². The number of rotatable bonds is 0. The van der Waals surface area contributed by atoms with Crippen molar-refractivity contribution in [2.45, 2.75) is 32.1 Å². The second kappa shape index (κ2) is 3.70. The maximum atomic E-state index is 11.9. The lowest BCUT2D eigenvalue weighted by Crippen LogP contribution is -2.34. The molecule has 0 spiro atoms. The third kappa shape index (κ3) is 1.80. The summed E-state index contributed by atoms with van der Waals surface area (Å²) in [5, 5.41) is 0. The SMILES string of the molecule is CC1(C)C(=O)CCc2c(Br)cc(Br)cc21. The lowest BCUT2D eigenvalue weighted by atomic mass is 9.72. The number of halogens is 2. The molecule has 0 N–H and O–H groups in total. The lowest BCUT2D eigenvalue weighted by Gasteiger charge is -2.31. The Morgan fingerprint density at radius 3 is 2.53 bits per heavy atom. The second-order valence-electron chi connectivity index (χ2n) is 4.46. The van der Waals surface area contributed by atoms with Crippen molar-refractivity contribution in [2.24, 2.45) is 0 Å². The molecule has 0 saturated heterocycles. The Kier molecular flexibility index (Phi) is 2.80. The van der Waals surface area contributed by atoms with Crippen LogP contribution in [0, 0.1) is 0 Å². The maximum Gasteiger partial charge on any atom is 0.143 e. The number of carbonyl (C=O) groups excluding carboxylic acids is 1. The molecule has 0 unspecified atom stereocenters. The van der Waals surface area contributed by atoms with Crippen molar-refractivity contribution in [2.75, 3.05) is 0 Å². The monoisotopic (exact) mass is 330 g/mol. The molecule has 0 saturated carbocycles. The van der Waals surface area contributed by atoms with Gasteiger partial charge in [-0.25, -0.2) is 0 Å². The number of benzene rings is 1. The zero-order valence-electron chi connectivity index (χ0n) is 8.73. The lowest BCUT2D eigenvalue weighted by molar-refractivity contribution is -0.124. The van der Waals surface area contributed by atoms with Gasteiger partial charge in [0.25, 0.3) is 0 Å². The zero-order valence-corrected chi connectivity index (χ0v) is 11.9. The molecule has 0 aromatic heterocycles. The predicted molar refractivity (Wildman–Crippen MR) is 68.2 cm³/mol. The molecule has 15 heavy (non-hydrogen) atoms. The normalized spacial score (nSPS) is 18.8. The molecule has 1 aromatic rings. The highest BCUT2D eigenvalue weighted by Crippen LogP contribution is 2.39. The van der Waals surface area contributed by atoms with Crippen LogP contribution in [0.15, 0.2) is 21.1 Å². The van der Waals surface area contributed by atoms with Gasteiger partial charge in [0.2, 0.25) is 0 Å². The summed E-state index contributed by atoms with van der Waals surface area (Å²) >= 11 is 7.03. The fourth-order valence-corrected chi connectivity index (χ4v) is 3.54. The van der Waals surface area contributed by atoms with Crippen molar-refractivity contribution in [1.29, 1.82) is 0 Å². The quantitative estimate of drug-likeness (QED) is 0.702. The average molecular weight is 332 g/mol. The van der Waals surface area contributed by atoms with E-state index in [2.05, 4.69) is 37.9 Å². The van der Waals surface area contributed by atoms with Crippen molar-refractivity contribution in [3.05, 3.63) is 32.2 Å². The van der Waals surface area contributed by atoms with Gasteiger partial charge >= 0.3 is 0 Å².